The Morgan fingerprint density at radius 2 is 1.78 bits per heavy atom. The molecule has 4 heteroatoms. The van der Waals surface area contributed by atoms with Crippen LogP contribution in [0, 0.1) is 5.92 Å². The predicted molar refractivity (Wildman–Crippen MR) is 73.4 cm³/mol. The van der Waals surface area contributed by atoms with Crippen molar-refractivity contribution in [3.8, 4) is 0 Å². The summed E-state index contributed by atoms with van der Waals surface area (Å²) in [5, 5.41) is 5.50. The van der Waals surface area contributed by atoms with Crippen LogP contribution >= 0.6 is 0 Å². The third-order valence-corrected chi connectivity index (χ3v) is 2.42. The van der Waals surface area contributed by atoms with Crippen LogP contribution in [-0.2, 0) is 9.59 Å². The van der Waals surface area contributed by atoms with Gasteiger partial charge in [0.15, 0.2) is 0 Å². The van der Waals surface area contributed by atoms with Crippen LogP contribution in [0.3, 0.4) is 0 Å². The van der Waals surface area contributed by atoms with E-state index in [-0.39, 0.29) is 11.8 Å². The molecule has 0 heterocycles. The monoisotopic (exact) mass is 248 g/mol. The molecule has 1 rings (SSSR count). The van der Waals surface area contributed by atoms with E-state index in [0.29, 0.717) is 23.7 Å². The highest BCUT2D eigenvalue weighted by molar-refractivity contribution is 5.93. The van der Waals surface area contributed by atoms with Gasteiger partial charge in [-0.2, -0.15) is 0 Å². The summed E-state index contributed by atoms with van der Waals surface area (Å²) in [5.41, 5.74) is 1.39. The third kappa shape index (κ3) is 5.48. The number of nitrogens with one attached hydrogen (secondary N) is 2. The number of carbonyl (C=O) groups is 2. The first-order valence-corrected chi connectivity index (χ1v) is 6.15. The van der Waals surface area contributed by atoms with Crippen molar-refractivity contribution in [1.82, 2.24) is 0 Å². The smallest absolute Gasteiger partial charge is 0.224 e. The van der Waals surface area contributed by atoms with Crippen LogP contribution in [0.4, 0.5) is 11.4 Å². The summed E-state index contributed by atoms with van der Waals surface area (Å²) in [6.45, 7) is 5.63. The molecular weight excluding hydrogens is 228 g/mol. The summed E-state index contributed by atoms with van der Waals surface area (Å²) in [4.78, 5) is 22.6. The lowest BCUT2D eigenvalue weighted by Crippen LogP contribution is -2.12. The van der Waals surface area contributed by atoms with Gasteiger partial charge in [-0.15, -0.1) is 0 Å². The lowest BCUT2D eigenvalue weighted by atomic mass is 10.1. The molecule has 98 valence electrons. The highest BCUT2D eigenvalue weighted by atomic mass is 16.2. The Hall–Kier alpha value is -1.84. The Morgan fingerprint density at radius 3 is 2.33 bits per heavy atom. The van der Waals surface area contributed by atoms with Crippen LogP contribution in [0.25, 0.3) is 0 Å². The molecule has 4 nitrogen and oxygen atoms in total. The molecule has 2 amide bonds. The van der Waals surface area contributed by atoms with E-state index in [2.05, 4.69) is 24.5 Å². The number of amides is 2. The topological polar surface area (TPSA) is 58.2 Å². The molecule has 0 unspecified atom stereocenters. The van der Waals surface area contributed by atoms with Gasteiger partial charge < -0.3 is 10.6 Å². The zero-order valence-electron chi connectivity index (χ0n) is 11.1. The van der Waals surface area contributed by atoms with Crippen LogP contribution in [-0.4, -0.2) is 11.8 Å². The van der Waals surface area contributed by atoms with E-state index in [1.807, 2.05) is 0 Å². The molecule has 0 saturated carbocycles. The standard InChI is InChI=1S/C14H20N2O2/c1-10(2)7-8-14(18)16-13-6-4-5-12(9-13)15-11(3)17/h4-6,9-10H,7-8H2,1-3H3,(H,15,17)(H,16,18). The molecule has 0 saturated heterocycles. The van der Waals surface area contributed by atoms with Crippen LogP contribution in [0.1, 0.15) is 33.6 Å². The van der Waals surface area contributed by atoms with Crippen molar-refractivity contribution >= 4 is 23.2 Å². The Balaban J connectivity index is 2.56. The first kappa shape index (κ1) is 14.2. The second kappa shape index (κ2) is 6.79. The van der Waals surface area contributed by atoms with E-state index in [4.69, 9.17) is 0 Å². The van der Waals surface area contributed by atoms with Crippen molar-refractivity contribution in [3.05, 3.63) is 24.3 Å². The van der Waals surface area contributed by atoms with Gasteiger partial charge in [-0.25, -0.2) is 0 Å². The van der Waals surface area contributed by atoms with Gasteiger partial charge in [0.1, 0.15) is 0 Å². The maximum Gasteiger partial charge on any atom is 0.224 e. The minimum atomic E-state index is -0.127. The summed E-state index contributed by atoms with van der Waals surface area (Å²) in [7, 11) is 0. The molecule has 0 atom stereocenters. The SMILES string of the molecule is CC(=O)Nc1cccc(NC(=O)CCC(C)C)c1. The van der Waals surface area contributed by atoms with Crippen molar-refractivity contribution < 1.29 is 9.59 Å². The molecule has 1 aromatic carbocycles. The molecule has 0 aliphatic heterocycles. The number of hydrogen-bond donors (Lipinski definition) is 2. The summed E-state index contributed by atoms with van der Waals surface area (Å²) >= 11 is 0. The molecule has 0 aromatic heterocycles. The quantitative estimate of drug-likeness (QED) is 0.841. The van der Waals surface area contributed by atoms with E-state index < -0.39 is 0 Å². The van der Waals surface area contributed by atoms with Crippen LogP contribution in [0.15, 0.2) is 24.3 Å². The lowest BCUT2D eigenvalue weighted by Gasteiger charge is -2.08. The Bertz CT molecular complexity index is 428. The summed E-state index contributed by atoms with van der Waals surface area (Å²) < 4.78 is 0. The van der Waals surface area contributed by atoms with Crippen molar-refractivity contribution in [3.63, 3.8) is 0 Å². The minimum Gasteiger partial charge on any atom is -0.326 e. The Labute approximate surface area is 108 Å². The first-order valence-electron chi connectivity index (χ1n) is 6.15. The third-order valence-electron chi connectivity index (χ3n) is 2.42. The first-order chi connectivity index (χ1) is 8.47. The van der Waals surface area contributed by atoms with Crippen molar-refractivity contribution in [2.75, 3.05) is 10.6 Å². The van der Waals surface area contributed by atoms with Gasteiger partial charge in [-0.1, -0.05) is 19.9 Å². The lowest BCUT2D eigenvalue weighted by molar-refractivity contribution is -0.116. The summed E-state index contributed by atoms with van der Waals surface area (Å²) in [6, 6.07) is 7.13. The number of benzene rings is 1. The molecule has 1 aromatic rings. The van der Waals surface area contributed by atoms with Crippen molar-refractivity contribution in [1.29, 1.82) is 0 Å². The van der Waals surface area contributed by atoms with Gasteiger partial charge in [-0.05, 0) is 30.5 Å². The zero-order chi connectivity index (χ0) is 13.5. The highest BCUT2D eigenvalue weighted by Gasteiger charge is 2.04. The predicted octanol–water partition coefficient (Wildman–Crippen LogP) is 3.02. The molecule has 0 radical (unpaired) electrons. The minimum absolute atomic E-state index is 0.00340. The normalized spacial score (nSPS) is 10.2. The van der Waals surface area contributed by atoms with Gasteiger partial charge >= 0.3 is 0 Å². The maximum atomic E-state index is 11.7. The number of hydrogen-bond acceptors (Lipinski definition) is 2. The fourth-order valence-electron chi connectivity index (χ4n) is 1.52. The van der Waals surface area contributed by atoms with E-state index in [1.165, 1.54) is 6.92 Å². The molecule has 2 N–H and O–H groups in total. The average Bonchev–Trinajstić information content (AvgIpc) is 2.26. The van der Waals surface area contributed by atoms with Crippen LogP contribution in [0.5, 0.6) is 0 Å². The van der Waals surface area contributed by atoms with Gasteiger partial charge in [0, 0.05) is 24.7 Å². The molecule has 0 bridgehead atoms. The van der Waals surface area contributed by atoms with E-state index >= 15 is 0 Å². The average molecular weight is 248 g/mol. The fraction of sp³-hybridized carbons (Fsp3) is 0.429. The number of carbonyl (C=O) groups excluding carboxylic acids is 2. The summed E-state index contributed by atoms with van der Waals surface area (Å²) in [5.74, 6) is 0.392. The molecule has 0 aliphatic carbocycles. The maximum absolute atomic E-state index is 11.7. The Kier molecular flexibility index (Phi) is 5.36. The van der Waals surface area contributed by atoms with Crippen molar-refractivity contribution in [2.45, 2.75) is 33.6 Å². The summed E-state index contributed by atoms with van der Waals surface area (Å²) in [6.07, 6.45) is 1.39. The van der Waals surface area contributed by atoms with Crippen LogP contribution < -0.4 is 10.6 Å². The van der Waals surface area contributed by atoms with Gasteiger partial charge in [0.25, 0.3) is 0 Å². The number of rotatable bonds is 5. The van der Waals surface area contributed by atoms with Gasteiger partial charge in [0.05, 0.1) is 0 Å². The highest BCUT2D eigenvalue weighted by Crippen LogP contribution is 2.15. The zero-order valence-corrected chi connectivity index (χ0v) is 11.1. The molecular formula is C14H20N2O2. The van der Waals surface area contributed by atoms with E-state index in [1.54, 1.807) is 24.3 Å². The molecule has 0 spiro atoms. The molecule has 0 fully saturated rings. The van der Waals surface area contributed by atoms with Gasteiger partial charge in [0.2, 0.25) is 11.8 Å². The number of anilines is 2. The largest absolute Gasteiger partial charge is 0.326 e. The van der Waals surface area contributed by atoms with Crippen LogP contribution in [0.2, 0.25) is 0 Å². The fourth-order valence-corrected chi connectivity index (χ4v) is 1.52. The van der Waals surface area contributed by atoms with E-state index in [0.717, 1.165) is 6.42 Å². The van der Waals surface area contributed by atoms with Gasteiger partial charge in [-0.3, -0.25) is 9.59 Å². The molecule has 18 heavy (non-hydrogen) atoms. The Morgan fingerprint density at radius 1 is 1.17 bits per heavy atom. The molecule has 0 aliphatic rings. The second-order valence-corrected chi connectivity index (χ2v) is 4.74. The van der Waals surface area contributed by atoms with Crippen molar-refractivity contribution in [2.24, 2.45) is 5.92 Å². The second-order valence-electron chi connectivity index (χ2n) is 4.74. The van der Waals surface area contributed by atoms with E-state index in [9.17, 15) is 9.59 Å².